The second-order valence-electron chi connectivity index (χ2n) is 10.9. The maximum Gasteiger partial charge on any atom is 0.341 e. The molecule has 3 aromatic rings. The first kappa shape index (κ1) is 32.6. The summed E-state index contributed by atoms with van der Waals surface area (Å²) in [6.45, 7) is 1.67. The van der Waals surface area contributed by atoms with Gasteiger partial charge >= 0.3 is 5.97 Å². The van der Waals surface area contributed by atoms with Crippen LogP contribution < -0.4 is 4.74 Å². The molecule has 0 bridgehead atoms. The number of sulfone groups is 2. The molecule has 4 rings (SSSR count). The molecular formula is C31H35F2NO7S2. The maximum atomic E-state index is 14.1. The van der Waals surface area contributed by atoms with Gasteiger partial charge in [-0.25, -0.2) is 30.4 Å². The highest BCUT2D eigenvalue weighted by Gasteiger charge is 2.24. The molecule has 1 saturated heterocycles. The van der Waals surface area contributed by atoms with Gasteiger partial charge in [0.05, 0.1) is 15.5 Å². The summed E-state index contributed by atoms with van der Waals surface area (Å²) < 4.78 is 82.8. The SMILES string of the molecule is CS(=O)(=O)c1ccc([C@@H](CCN2CCC(CCS(=O)(=O)c3ccc(OCC(=O)O)cc3)CC2)c2cc(F)cc(F)c2)cc1. The third-order valence-corrected chi connectivity index (χ3v) is 10.7. The van der Waals surface area contributed by atoms with Gasteiger partial charge in [-0.1, -0.05) is 12.1 Å². The average molecular weight is 636 g/mol. The molecule has 3 aromatic carbocycles. The molecule has 232 valence electrons. The highest BCUT2D eigenvalue weighted by molar-refractivity contribution is 7.91. The fourth-order valence-electron chi connectivity index (χ4n) is 5.39. The predicted octanol–water partition coefficient (Wildman–Crippen LogP) is 4.93. The molecular weight excluding hydrogens is 600 g/mol. The Kier molecular flexibility index (Phi) is 10.6. The van der Waals surface area contributed by atoms with Gasteiger partial charge in [0.25, 0.3) is 0 Å². The number of carbonyl (C=O) groups is 1. The number of aliphatic carboxylic acids is 1. The minimum Gasteiger partial charge on any atom is -0.482 e. The van der Waals surface area contributed by atoms with Gasteiger partial charge in [0.1, 0.15) is 17.4 Å². The zero-order valence-corrected chi connectivity index (χ0v) is 25.4. The van der Waals surface area contributed by atoms with Crippen LogP contribution in [0.5, 0.6) is 5.75 Å². The van der Waals surface area contributed by atoms with Crippen molar-refractivity contribution in [3.05, 3.63) is 89.5 Å². The highest BCUT2D eigenvalue weighted by Crippen LogP contribution is 2.32. The zero-order valence-electron chi connectivity index (χ0n) is 23.8. The normalized spacial score (nSPS) is 15.7. The lowest BCUT2D eigenvalue weighted by molar-refractivity contribution is -0.139. The van der Waals surface area contributed by atoms with E-state index in [1.807, 2.05) is 0 Å². The van der Waals surface area contributed by atoms with E-state index in [2.05, 4.69) is 4.90 Å². The van der Waals surface area contributed by atoms with Crippen LogP contribution in [0.1, 0.15) is 42.7 Å². The van der Waals surface area contributed by atoms with Crippen molar-refractivity contribution >= 4 is 25.6 Å². The zero-order chi connectivity index (χ0) is 31.2. The van der Waals surface area contributed by atoms with E-state index in [9.17, 15) is 30.4 Å². The van der Waals surface area contributed by atoms with E-state index in [0.29, 0.717) is 24.9 Å². The fraction of sp³-hybridized carbons (Fsp3) is 0.387. The molecule has 1 fully saturated rings. The quantitative estimate of drug-likeness (QED) is 0.281. The van der Waals surface area contributed by atoms with Crippen LogP contribution in [0, 0.1) is 17.6 Å². The number of ether oxygens (including phenoxy) is 1. The largest absolute Gasteiger partial charge is 0.482 e. The van der Waals surface area contributed by atoms with E-state index < -0.39 is 43.9 Å². The minimum absolute atomic E-state index is 0.00365. The van der Waals surface area contributed by atoms with Crippen molar-refractivity contribution in [3.63, 3.8) is 0 Å². The van der Waals surface area contributed by atoms with Gasteiger partial charge < -0.3 is 14.7 Å². The van der Waals surface area contributed by atoms with Crippen LogP contribution in [0.3, 0.4) is 0 Å². The van der Waals surface area contributed by atoms with Crippen LogP contribution in [0.4, 0.5) is 8.78 Å². The number of halogens is 2. The highest BCUT2D eigenvalue weighted by atomic mass is 32.2. The standard InChI is InChI=1S/C31H35F2NO7S2/c1-42(37,38)28-6-2-23(3-7-28)30(24-18-25(32)20-26(33)19-24)12-16-34-14-10-22(11-15-34)13-17-43(39,40)29-8-4-27(5-9-29)41-21-31(35)36/h2-9,18-20,22,30H,10-17,21H2,1H3,(H,35,36)/t30-/m1/s1. The van der Waals surface area contributed by atoms with Crippen molar-refractivity contribution < 1.29 is 40.3 Å². The Hall–Kier alpha value is -3.35. The molecule has 12 heteroatoms. The lowest BCUT2D eigenvalue weighted by Gasteiger charge is -2.33. The fourth-order valence-corrected chi connectivity index (χ4v) is 7.45. The minimum atomic E-state index is -3.51. The van der Waals surface area contributed by atoms with Crippen LogP contribution in [0.2, 0.25) is 0 Å². The molecule has 1 aliphatic heterocycles. The molecule has 0 saturated carbocycles. The lowest BCUT2D eigenvalue weighted by Crippen LogP contribution is -2.35. The second-order valence-corrected chi connectivity index (χ2v) is 15.1. The number of carboxylic acids is 1. The molecule has 1 N–H and O–H groups in total. The van der Waals surface area contributed by atoms with Gasteiger partial charge in [-0.2, -0.15) is 0 Å². The van der Waals surface area contributed by atoms with Crippen molar-refractivity contribution in [2.75, 3.05) is 38.2 Å². The van der Waals surface area contributed by atoms with Crippen molar-refractivity contribution in [1.82, 2.24) is 4.90 Å². The lowest BCUT2D eigenvalue weighted by atomic mass is 9.87. The third kappa shape index (κ3) is 9.32. The molecule has 1 aliphatic rings. The molecule has 43 heavy (non-hydrogen) atoms. The summed E-state index contributed by atoms with van der Waals surface area (Å²) in [5.41, 5.74) is 1.24. The van der Waals surface area contributed by atoms with E-state index >= 15 is 0 Å². The average Bonchev–Trinajstić information content (AvgIpc) is 2.95. The van der Waals surface area contributed by atoms with E-state index in [-0.39, 0.29) is 33.1 Å². The number of carboxylic acid groups (broad SMARTS) is 1. The molecule has 8 nitrogen and oxygen atoms in total. The van der Waals surface area contributed by atoms with Crippen LogP contribution >= 0.6 is 0 Å². The van der Waals surface area contributed by atoms with Gasteiger partial charge in [-0.05, 0) is 111 Å². The van der Waals surface area contributed by atoms with Crippen LogP contribution in [-0.4, -0.2) is 71.1 Å². The summed E-state index contributed by atoms with van der Waals surface area (Å²) in [5, 5.41) is 8.70. The summed E-state index contributed by atoms with van der Waals surface area (Å²) in [7, 11) is -6.89. The smallest absolute Gasteiger partial charge is 0.341 e. The Morgan fingerprint density at radius 3 is 2.05 bits per heavy atom. The van der Waals surface area contributed by atoms with Gasteiger partial charge in [0, 0.05) is 18.2 Å². The van der Waals surface area contributed by atoms with Gasteiger partial charge in [-0.3, -0.25) is 0 Å². The summed E-state index contributed by atoms with van der Waals surface area (Å²) in [4.78, 5) is 13.2. The molecule has 0 radical (unpaired) electrons. The van der Waals surface area contributed by atoms with Crippen LogP contribution in [-0.2, 0) is 24.5 Å². The molecule has 0 aliphatic carbocycles. The number of benzene rings is 3. The van der Waals surface area contributed by atoms with Crippen LogP contribution in [0.25, 0.3) is 0 Å². The summed E-state index contributed by atoms with van der Waals surface area (Å²) in [6, 6.07) is 15.6. The summed E-state index contributed by atoms with van der Waals surface area (Å²) >= 11 is 0. The number of hydrogen-bond acceptors (Lipinski definition) is 7. The molecule has 1 heterocycles. The Bertz CT molecular complexity index is 1600. The number of nitrogens with zero attached hydrogens (tertiary/aromatic N) is 1. The van der Waals surface area contributed by atoms with E-state index in [0.717, 1.165) is 43.8 Å². The van der Waals surface area contributed by atoms with E-state index in [1.165, 1.54) is 48.5 Å². The van der Waals surface area contributed by atoms with Crippen molar-refractivity contribution in [2.24, 2.45) is 5.92 Å². The molecule has 0 aromatic heterocycles. The van der Waals surface area contributed by atoms with E-state index in [1.54, 1.807) is 12.1 Å². The van der Waals surface area contributed by atoms with Gasteiger partial charge in [0.15, 0.2) is 26.3 Å². The Morgan fingerprint density at radius 1 is 0.907 bits per heavy atom. The first-order chi connectivity index (χ1) is 20.3. The van der Waals surface area contributed by atoms with Crippen LogP contribution in [0.15, 0.2) is 76.5 Å². The molecule has 0 amide bonds. The molecule has 0 spiro atoms. The second kappa shape index (κ2) is 14.0. The van der Waals surface area contributed by atoms with Crippen molar-refractivity contribution in [2.45, 2.75) is 41.4 Å². The molecule has 0 unspecified atom stereocenters. The first-order valence-electron chi connectivity index (χ1n) is 14.0. The summed E-state index contributed by atoms with van der Waals surface area (Å²) in [6.07, 6.45) is 3.84. The number of rotatable bonds is 13. The Labute approximate surface area is 251 Å². The molecule has 1 atom stereocenters. The number of likely N-dealkylation sites (tertiary alicyclic amines) is 1. The maximum absolute atomic E-state index is 14.1. The Balaban J connectivity index is 1.33. The first-order valence-corrected chi connectivity index (χ1v) is 17.5. The van der Waals surface area contributed by atoms with Gasteiger partial charge in [-0.15, -0.1) is 0 Å². The van der Waals surface area contributed by atoms with Crippen molar-refractivity contribution in [1.29, 1.82) is 0 Å². The van der Waals surface area contributed by atoms with Crippen molar-refractivity contribution in [3.8, 4) is 5.75 Å². The number of hydrogen-bond donors (Lipinski definition) is 1. The monoisotopic (exact) mass is 635 g/mol. The predicted molar refractivity (Wildman–Crippen MR) is 158 cm³/mol. The topological polar surface area (TPSA) is 118 Å². The summed E-state index contributed by atoms with van der Waals surface area (Å²) in [5.74, 6) is -2.29. The van der Waals surface area contributed by atoms with E-state index in [4.69, 9.17) is 9.84 Å². The number of piperidine rings is 1. The Morgan fingerprint density at radius 2 is 1.49 bits per heavy atom. The third-order valence-electron chi connectivity index (χ3n) is 7.78. The van der Waals surface area contributed by atoms with Gasteiger partial charge in [0.2, 0.25) is 0 Å².